The third kappa shape index (κ3) is 4.89. The standard InChI is InChI=1S/C11H15.CH3.U/c1-3-7-11-9-6-5-8-10(11)4-2;;/h5-6,8-9H,2-4,7H2,1H3;1H3;/q2*-1;+2. The van der Waals surface area contributed by atoms with Gasteiger partial charge in [0.05, 0.1) is 0 Å². The largest absolute Gasteiger partial charge is 2.00 e. The molecule has 0 nitrogen and oxygen atoms in total. The molecule has 0 heterocycles. The fourth-order valence-corrected chi connectivity index (χ4v) is 1.31. The second-order valence-corrected chi connectivity index (χ2v) is 2.77. The number of benzene rings is 1. The van der Waals surface area contributed by atoms with Gasteiger partial charge >= 0.3 is 31.1 Å². The molecule has 0 aliphatic heterocycles. The first-order chi connectivity index (χ1) is 5.38. The fourth-order valence-electron chi connectivity index (χ4n) is 1.31. The molecule has 1 rings (SSSR count). The van der Waals surface area contributed by atoms with E-state index in [1.807, 2.05) is 0 Å². The van der Waals surface area contributed by atoms with Gasteiger partial charge in [0.15, 0.2) is 0 Å². The number of hydrogen-bond donors (Lipinski definition) is 0. The molecule has 1 heteroatoms. The van der Waals surface area contributed by atoms with E-state index < -0.39 is 0 Å². The van der Waals surface area contributed by atoms with Crippen LogP contribution in [0.4, 0.5) is 0 Å². The molecule has 0 aliphatic rings. The van der Waals surface area contributed by atoms with Gasteiger partial charge in [0, 0.05) is 0 Å². The van der Waals surface area contributed by atoms with Crippen molar-refractivity contribution >= 4 is 0 Å². The SMILES string of the molecule is [CH2-]Cc1ccccc1CCC.[CH3-].[U+2]. The topological polar surface area (TPSA) is 0 Å². The average Bonchev–Trinajstić information content (AvgIpc) is 2.06. The maximum Gasteiger partial charge on any atom is 2.00 e. The summed E-state index contributed by atoms with van der Waals surface area (Å²) < 4.78 is 0. The van der Waals surface area contributed by atoms with Gasteiger partial charge in [-0.05, 0) is 12.0 Å². The van der Waals surface area contributed by atoms with E-state index in [2.05, 4.69) is 38.1 Å². The van der Waals surface area contributed by atoms with Crippen molar-refractivity contribution in [2.24, 2.45) is 0 Å². The summed E-state index contributed by atoms with van der Waals surface area (Å²) in [7, 11) is 0. The molecule has 0 aliphatic carbocycles. The quantitative estimate of drug-likeness (QED) is 0.682. The zero-order chi connectivity index (χ0) is 8.10. The predicted octanol–water partition coefficient (Wildman–Crippen LogP) is 3.47. The van der Waals surface area contributed by atoms with Gasteiger partial charge in [0.2, 0.25) is 0 Å². The summed E-state index contributed by atoms with van der Waals surface area (Å²) >= 11 is 0. The Morgan fingerprint density at radius 2 is 1.69 bits per heavy atom. The van der Waals surface area contributed by atoms with Crippen LogP contribution in [0.15, 0.2) is 24.3 Å². The molecular formula is C12H18U. The minimum atomic E-state index is 0. The van der Waals surface area contributed by atoms with Crippen LogP contribution < -0.4 is 0 Å². The molecule has 0 aromatic heterocycles. The summed E-state index contributed by atoms with van der Waals surface area (Å²) in [4.78, 5) is 0. The average molecular weight is 400 g/mol. The van der Waals surface area contributed by atoms with E-state index in [9.17, 15) is 0 Å². The summed E-state index contributed by atoms with van der Waals surface area (Å²) in [6, 6.07) is 8.55. The first-order valence-electron chi connectivity index (χ1n) is 4.24. The maximum atomic E-state index is 3.90. The van der Waals surface area contributed by atoms with Crippen molar-refractivity contribution in [3.8, 4) is 0 Å². The number of hydrogen-bond acceptors (Lipinski definition) is 0. The maximum absolute atomic E-state index is 3.90. The minimum Gasteiger partial charge on any atom is -0.358 e. The van der Waals surface area contributed by atoms with Crippen LogP contribution in [0.5, 0.6) is 0 Å². The molecule has 0 amide bonds. The summed E-state index contributed by atoms with van der Waals surface area (Å²) in [6.07, 6.45) is 3.32. The number of aryl methyl sites for hydroxylation is 1. The van der Waals surface area contributed by atoms with Gasteiger partial charge in [-0.3, -0.25) is 0 Å². The van der Waals surface area contributed by atoms with E-state index in [-0.39, 0.29) is 38.5 Å². The van der Waals surface area contributed by atoms with E-state index in [1.165, 1.54) is 24.0 Å². The predicted molar refractivity (Wildman–Crippen MR) is 55.9 cm³/mol. The van der Waals surface area contributed by atoms with Gasteiger partial charge in [-0.1, -0.05) is 43.2 Å². The van der Waals surface area contributed by atoms with E-state index in [0.29, 0.717) is 0 Å². The Morgan fingerprint density at radius 3 is 2.15 bits per heavy atom. The normalized spacial score (nSPS) is 8.46. The molecule has 13 heavy (non-hydrogen) atoms. The van der Waals surface area contributed by atoms with Crippen molar-refractivity contribution in [1.29, 1.82) is 0 Å². The third-order valence-corrected chi connectivity index (χ3v) is 1.91. The summed E-state index contributed by atoms with van der Waals surface area (Å²) in [5, 5.41) is 0. The molecule has 0 saturated carbocycles. The third-order valence-electron chi connectivity index (χ3n) is 1.91. The molecule has 0 radical (unpaired) electrons. The zero-order valence-electron chi connectivity index (χ0n) is 8.64. The van der Waals surface area contributed by atoms with Crippen molar-refractivity contribution in [2.45, 2.75) is 26.2 Å². The van der Waals surface area contributed by atoms with Crippen LogP contribution in [-0.4, -0.2) is 0 Å². The summed E-state index contributed by atoms with van der Waals surface area (Å²) in [5.74, 6) is 0. The Balaban J connectivity index is 0. The van der Waals surface area contributed by atoms with E-state index in [0.717, 1.165) is 6.42 Å². The van der Waals surface area contributed by atoms with Crippen molar-refractivity contribution in [1.82, 2.24) is 0 Å². The molecule has 1 aromatic rings. The molecule has 70 valence electrons. The van der Waals surface area contributed by atoms with Crippen molar-refractivity contribution in [2.75, 3.05) is 0 Å². The van der Waals surface area contributed by atoms with E-state index in [4.69, 9.17) is 0 Å². The Hall–Kier alpha value is 0.272. The smallest absolute Gasteiger partial charge is 0.358 e. The minimum absolute atomic E-state index is 0. The second-order valence-electron chi connectivity index (χ2n) is 2.77. The van der Waals surface area contributed by atoms with Crippen molar-refractivity contribution in [3.63, 3.8) is 0 Å². The van der Waals surface area contributed by atoms with Gasteiger partial charge in [-0.2, -0.15) is 6.42 Å². The van der Waals surface area contributed by atoms with Gasteiger partial charge in [-0.25, -0.2) is 0 Å². The first-order valence-corrected chi connectivity index (χ1v) is 4.24. The Bertz CT molecular complexity index is 218. The van der Waals surface area contributed by atoms with Crippen molar-refractivity contribution in [3.05, 3.63) is 49.7 Å². The zero-order valence-corrected chi connectivity index (χ0v) is 12.8. The second kappa shape index (κ2) is 8.85. The Morgan fingerprint density at radius 1 is 1.15 bits per heavy atom. The van der Waals surface area contributed by atoms with Gasteiger partial charge in [0.25, 0.3) is 0 Å². The van der Waals surface area contributed by atoms with Crippen molar-refractivity contribution < 1.29 is 31.1 Å². The van der Waals surface area contributed by atoms with Crippen LogP contribution in [-0.2, 0) is 12.8 Å². The van der Waals surface area contributed by atoms with Gasteiger partial charge < -0.3 is 14.4 Å². The van der Waals surface area contributed by atoms with Crippen LogP contribution >= 0.6 is 0 Å². The van der Waals surface area contributed by atoms with Gasteiger partial charge in [-0.15, -0.1) is 0 Å². The molecule has 0 saturated heterocycles. The summed E-state index contributed by atoms with van der Waals surface area (Å²) in [6.45, 7) is 6.11. The molecule has 0 bridgehead atoms. The fraction of sp³-hybridized carbons (Fsp3) is 0.333. The first kappa shape index (κ1) is 15.7. The summed E-state index contributed by atoms with van der Waals surface area (Å²) in [5.41, 5.74) is 2.86. The molecule has 0 N–H and O–H groups in total. The molecule has 0 unspecified atom stereocenters. The molecule has 1 aromatic carbocycles. The van der Waals surface area contributed by atoms with Crippen LogP contribution in [0.3, 0.4) is 0 Å². The van der Waals surface area contributed by atoms with Crippen LogP contribution in [0.25, 0.3) is 0 Å². The number of rotatable bonds is 3. The van der Waals surface area contributed by atoms with E-state index >= 15 is 0 Å². The monoisotopic (exact) mass is 400 g/mol. The van der Waals surface area contributed by atoms with E-state index in [1.54, 1.807) is 0 Å². The Labute approximate surface area is 107 Å². The molecule has 0 atom stereocenters. The van der Waals surface area contributed by atoms with Crippen LogP contribution in [0, 0.1) is 45.5 Å². The Kier molecular flexibility index (Phi) is 10.7. The molecule has 0 spiro atoms. The van der Waals surface area contributed by atoms with Gasteiger partial charge in [0.1, 0.15) is 0 Å². The molecular weight excluding hydrogens is 382 g/mol. The molecule has 0 fully saturated rings. The van der Waals surface area contributed by atoms with Crippen LogP contribution in [0.1, 0.15) is 24.5 Å². The van der Waals surface area contributed by atoms with Crippen LogP contribution in [0.2, 0.25) is 0 Å².